The third kappa shape index (κ3) is 2.67. The molecular weight excluding hydrogens is 286 g/mol. The van der Waals surface area contributed by atoms with Gasteiger partial charge in [0.15, 0.2) is 5.96 Å². The number of benzene rings is 2. The van der Waals surface area contributed by atoms with E-state index in [4.69, 9.17) is 22.1 Å². The van der Waals surface area contributed by atoms with E-state index in [1.807, 2.05) is 53.4 Å². The highest BCUT2D eigenvalue weighted by Gasteiger charge is 2.28. The summed E-state index contributed by atoms with van der Waals surface area (Å²) in [6.07, 6.45) is 0. The number of hydrogen-bond donors (Lipinski definition) is 1. The molecule has 0 saturated heterocycles. The van der Waals surface area contributed by atoms with Crippen LogP contribution >= 0.6 is 11.6 Å². The first kappa shape index (κ1) is 13.8. The quantitative estimate of drug-likeness (QED) is 0.947. The van der Waals surface area contributed by atoms with E-state index in [0.717, 1.165) is 22.0 Å². The highest BCUT2D eigenvalue weighted by atomic mass is 35.5. The van der Waals surface area contributed by atoms with Crippen molar-refractivity contribution in [2.75, 3.05) is 18.6 Å². The summed E-state index contributed by atoms with van der Waals surface area (Å²) in [5.74, 6) is 1.34. The normalized spacial score (nSPS) is 17.7. The highest BCUT2D eigenvalue weighted by Crippen LogP contribution is 2.32. The van der Waals surface area contributed by atoms with Crippen molar-refractivity contribution in [1.82, 2.24) is 0 Å². The maximum Gasteiger partial charge on any atom is 0.196 e. The maximum atomic E-state index is 6.06. The molecule has 0 fully saturated rings. The van der Waals surface area contributed by atoms with Crippen LogP contribution < -0.4 is 15.4 Å². The maximum absolute atomic E-state index is 6.06. The number of methoxy groups -OCH3 is 1. The average Bonchev–Trinajstić information content (AvgIpc) is 2.90. The van der Waals surface area contributed by atoms with Gasteiger partial charge in [-0.1, -0.05) is 23.7 Å². The number of halogens is 1. The van der Waals surface area contributed by atoms with Crippen LogP contribution in [-0.2, 0) is 0 Å². The number of aliphatic imine (C=N–C) groups is 1. The molecule has 1 unspecified atom stereocenters. The number of anilines is 1. The van der Waals surface area contributed by atoms with Crippen LogP contribution in [-0.4, -0.2) is 19.6 Å². The first-order valence-corrected chi connectivity index (χ1v) is 7.05. The van der Waals surface area contributed by atoms with E-state index in [-0.39, 0.29) is 6.04 Å². The largest absolute Gasteiger partial charge is 0.497 e. The summed E-state index contributed by atoms with van der Waals surface area (Å²) in [5.41, 5.74) is 8.19. The van der Waals surface area contributed by atoms with Gasteiger partial charge in [-0.15, -0.1) is 0 Å². The molecule has 0 amide bonds. The van der Waals surface area contributed by atoms with Crippen LogP contribution in [0.15, 0.2) is 53.5 Å². The van der Waals surface area contributed by atoms with Gasteiger partial charge in [0.2, 0.25) is 0 Å². The van der Waals surface area contributed by atoms with E-state index >= 15 is 0 Å². The molecule has 5 heteroatoms. The van der Waals surface area contributed by atoms with Gasteiger partial charge < -0.3 is 15.4 Å². The lowest BCUT2D eigenvalue weighted by Crippen LogP contribution is -2.36. The van der Waals surface area contributed by atoms with Crippen LogP contribution in [0.3, 0.4) is 0 Å². The average molecular weight is 302 g/mol. The van der Waals surface area contributed by atoms with Crippen molar-refractivity contribution in [3.05, 3.63) is 59.1 Å². The predicted octanol–water partition coefficient (Wildman–Crippen LogP) is 3.22. The number of nitrogens with zero attached hydrogens (tertiary/aromatic N) is 2. The number of ether oxygens (including phenoxy) is 1. The fourth-order valence-electron chi connectivity index (χ4n) is 2.49. The van der Waals surface area contributed by atoms with Gasteiger partial charge in [0.25, 0.3) is 0 Å². The molecule has 1 atom stereocenters. The number of guanidine groups is 1. The van der Waals surface area contributed by atoms with E-state index in [1.165, 1.54) is 0 Å². The van der Waals surface area contributed by atoms with Crippen LogP contribution in [0.4, 0.5) is 5.69 Å². The zero-order valence-electron chi connectivity index (χ0n) is 11.7. The smallest absolute Gasteiger partial charge is 0.196 e. The van der Waals surface area contributed by atoms with E-state index in [2.05, 4.69) is 4.99 Å². The summed E-state index contributed by atoms with van der Waals surface area (Å²) in [7, 11) is 1.65. The van der Waals surface area contributed by atoms with Crippen molar-refractivity contribution >= 4 is 23.2 Å². The molecule has 4 nitrogen and oxygen atoms in total. The first-order valence-electron chi connectivity index (χ1n) is 6.67. The minimum atomic E-state index is 0.0932. The number of hydrogen-bond acceptors (Lipinski definition) is 4. The zero-order chi connectivity index (χ0) is 14.8. The monoisotopic (exact) mass is 301 g/mol. The molecule has 0 radical (unpaired) electrons. The van der Waals surface area contributed by atoms with Gasteiger partial charge in [0, 0.05) is 10.7 Å². The van der Waals surface area contributed by atoms with E-state index < -0.39 is 0 Å². The molecule has 0 bridgehead atoms. The molecule has 2 aromatic rings. The predicted molar refractivity (Wildman–Crippen MR) is 86.2 cm³/mol. The fraction of sp³-hybridized carbons (Fsp3) is 0.188. The van der Waals surface area contributed by atoms with Crippen molar-refractivity contribution in [3.63, 3.8) is 0 Å². The van der Waals surface area contributed by atoms with Crippen LogP contribution in [0.5, 0.6) is 5.75 Å². The van der Waals surface area contributed by atoms with Gasteiger partial charge in [0.05, 0.1) is 19.7 Å². The Balaban J connectivity index is 1.93. The van der Waals surface area contributed by atoms with Crippen molar-refractivity contribution in [1.29, 1.82) is 0 Å². The fourth-order valence-corrected chi connectivity index (χ4v) is 2.62. The third-order valence-electron chi connectivity index (χ3n) is 3.59. The Morgan fingerprint density at radius 3 is 2.43 bits per heavy atom. The van der Waals surface area contributed by atoms with E-state index in [9.17, 15) is 0 Å². The minimum absolute atomic E-state index is 0.0932. The SMILES string of the molecule is COc1ccc(N2C(N)=NCC2c2ccc(Cl)cc2)cc1. The van der Waals surface area contributed by atoms with Crippen molar-refractivity contribution in [2.24, 2.45) is 10.7 Å². The van der Waals surface area contributed by atoms with Crippen LogP contribution in [0, 0.1) is 0 Å². The summed E-state index contributed by atoms with van der Waals surface area (Å²) >= 11 is 5.95. The van der Waals surface area contributed by atoms with E-state index in [1.54, 1.807) is 7.11 Å². The molecule has 2 N–H and O–H groups in total. The summed E-state index contributed by atoms with van der Waals surface area (Å²) in [6, 6.07) is 15.7. The number of nitrogens with two attached hydrogens (primary N) is 1. The molecule has 0 spiro atoms. The third-order valence-corrected chi connectivity index (χ3v) is 3.84. The van der Waals surface area contributed by atoms with Gasteiger partial charge in [-0.2, -0.15) is 0 Å². The molecule has 0 aliphatic carbocycles. The van der Waals surface area contributed by atoms with Crippen molar-refractivity contribution in [2.45, 2.75) is 6.04 Å². The van der Waals surface area contributed by atoms with E-state index in [0.29, 0.717) is 12.5 Å². The standard InChI is InChI=1S/C16H16ClN3O/c1-21-14-8-6-13(7-9-14)20-15(10-19-16(20)18)11-2-4-12(17)5-3-11/h2-9,15H,10H2,1H3,(H2,18,19). The molecule has 0 aromatic heterocycles. The molecule has 21 heavy (non-hydrogen) atoms. The lowest BCUT2D eigenvalue weighted by atomic mass is 10.1. The van der Waals surface area contributed by atoms with Gasteiger partial charge in [-0.05, 0) is 42.0 Å². The highest BCUT2D eigenvalue weighted by molar-refractivity contribution is 6.30. The van der Waals surface area contributed by atoms with Crippen LogP contribution in [0.1, 0.15) is 11.6 Å². The van der Waals surface area contributed by atoms with Gasteiger partial charge in [-0.25, -0.2) is 0 Å². The van der Waals surface area contributed by atoms with Gasteiger partial charge >= 0.3 is 0 Å². The Morgan fingerprint density at radius 2 is 1.81 bits per heavy atom. The Labute approximate surface area is 128 Å². The zero-order valence-corrected chi connectivity index (χ0v) is 12.4. The summed E-state index contributed by atoms with van der Waals surface area (Å²) < 4.78 is 5.19. The Hall–Kier alpha value is -2.20. The molecule has 0 saturated carbocycles. The molecule has 2 aromatic carbocycles. The molecule has 1 aliphatic rings. The summed E-state index contributed by atoms with van der Waals surface area (Å²) in [6.45, 7) is 0.638. The van der Waals surface area contributed by atoms with Gasteiger partial charge in [-0.3, -0.25) is 4.99 Å². The second kappa shape index (κ2) is 5.66. The topological polar surface area (TPSA) is 50.9 Å². The minimum Gasteiger partial charge on any atom is -0.497 e. The Bertz CT molecular complexity index is 652. The lowest BCUT2D eigenvalue weighted by molar-refractivity contribution is 0.415. The molecular formula is C16H16ClN3O. The lowest BCUT2D eigenvalue weighted by Gasteiger charge is -2.26. The first-order chi connectivity index (χ1) is 10.2. The van der Waals surface area contributed by atoms with Crippen LogP contribution in [0.2, 0.25) is 5.02 Å². The van der Waals surface area contributed by atoms with Crippen molar-refractivity contribution < 1.29 is 4.74 Å². The molecule has 108 valence electrons. The number of rotatable bonds is 3. The second-order valence-electron chi connectivity index (χ2n) is 4.83. The Kier molecular flexibility index (Phi) is 3.71. The second-order valence-corrected chi connectivity index (χ2v) is 5.27. The molecule has 1 aliphatic heterocycles. The molecule has 3 rings (SSSR count). The summed E-state index contributed by atoms with van der Waals surface area (Å²) in [4.78, 5) is 6.40. The Morgan fingerprint density at radius 1 is 1.14 bits per heavy atom. The van der Waals surface area contributed by atoms with Crippen LogP contribution in [0.25, 0.3) is 0 Å². The summed E-state index contributed by atoms with van der Waals surface area (Å²) in [5, 5.41) is 0.724. The van der Waals surface area contributed by atoms with Crippen molar-refractivity contribution in [3.8, 4) is 5.75 Å². The van der Waals surface area contributed by atoms with Gasteiger partial charge in [0.1, 0.15) is 5.75 Å². The molecule has 1 heterocycles.